The van der Waals surface area contributed by atoms with Crippen LogP contribution in [-0.4, -0.2) is 19.4 Å². The summed E-state index contributed by atoms with van der Waals surface area (Å²) in [4.78, 5) is 13.0. The Hall–Kier alpha value is -3.21. The van der Waals surface area contributed by atoms with Gasteiger partial charge in [-0.1, -0.05) is 23.8 Å². The van der Waals surface area contributed by atoms with E-state index in [0.29, 0.717) is 11.6 Å². The lowest BCUT2D eigenvalue weighted by molar-refractivity contribution is 1.15. The molecule has 5 heteroatoms. The number of imidazole rings is 1. The van der Waals surface area contributed by atoms with Crippen molar-refractivity contribution in [1.82, 2.24) is 19.4 Å². The first-order valence-electron chi connectivity index (χ1n) is 7.34. The van der Waals surface area contributed by atoms with Gasteiger partial charge in [-0.15, -0.1) is 0 Å². The number of aryl methyl sites for hydroxylation is 1. The fourth-order valence-electron chi connectivity index (χ4n) is 2.65. The van der Waals surface area contributed by atoms with Crippen LogP contribution < -0.4 is 5.73 Å². The highest BCUT2D eigenvalue weighted by Gasteiger charge is 2.08. The summed E-state index contributed by atoms with van der Waals surface area (Å²) in [6.45, 7) is 2.09. The van der Waals surface area contributed by atoms with E-state index in [1.54, 1.807) is 12.3 Å². The zero-order valence-corrected chi connectivity index (χ0v) is 12.6. The molecule has 0 radical (unpaired) electrons. The van der Waals surface area contributed by atoms with E-state index in [1.807, 2.05) is 24.5 Å². The SMILES string of the molecule is Cc1cccc(-c2cnc3cc(-c4nccc(N)n4)ccn23)c1. The van der Waals surface area contributed by atoms with Gasteiger partial charge in [-0.05, 0) is 31.2 Å². The van der Waals surface area contributed by atoms with Gasteiger partial charge in [0.1, 0.15) is 11.5 Å². The number of nitrogens with zero attached hydrogens (tertiary/aromatic N) is 4. The van der Waals surface area contributed by atoms with Crippen molar-refractivity contribution >= 4 is 11.5 Å². The topological polar surface area (TPSA) is 69.1 Å². The Kier molecular flexibility index (Phi) is 3.05. The van der Waals surface area contributed by atoms with Crippen LogP contribution >= 0.6 is 0 Å². The molecule has 112 valence electrons. The van der Waals surface area contributed by atoms with Crippen molar-refractivity contribution in [2.24, 2.45) is 0 Å². The number of hydrogen-bond donors (Lipinski definition) is 1. The van der Waals surface area contributed by atoms with Crippen LogP contribution in [0.1, 0.15) is 5.56 Å². The first-order valence-corrected chi connectivity index (χ1v) is 7.34. The zero-order valence-electron chi connectivity index (χ0n) is 12.6. The van der Waals surface area contributed by atoms with Crippen LogP contribution in [0.4, 0.5) is 5.82 Å². The summed E-state index contributed by atoms with van der Waals surface area (Å²) in [7, 11) is 0. The molecule has 3 aromatic heterocycles. The molecule has 0 saturated heterocycles. The number of benzene rings is 1. The molecule has 0 fully saturated rings. The van der Waals surface area contributed by atoms with Gasteiger partial charge in [0.25, 0.3) is 0 Å². The summed E-state index contributed by atoms with van der Waals surface area (Å²) in [6, 6.07) is 14.0. The summed E-state index contributed by atoms with van der Waals surface area (Å²) in [5.74, 6) is 1.06. The lowest BCUT2D eigenvalue weighted by Crippen LogP contribution is -1.95. The van der Waals surface area contributed by atoms with Crippen molar-refractivity contribution in [2.45, 2.75) is 6.92 Å². The Bertz CT molecular complexity index is 1000. The van der Waals surface area contributed by atoms with Crippen LogP contribution in [0.25, 0.3) is 28.3 Å². The highest BCUT2D eigenvalue weighted by molar-refractivity contribution is 5.68. The van der Waals surface area contributed by atoms with Gasteiger partial charge >= 0.3 is 0 Å². The van der Waals surface area contributed by atoms with Crippen molar-refractivity contribution in [3.8, 4) is 22.6 Å². The summed E-state index contributed by atoms with van der Waals surface area (Å²) in [5.41, 5.74) is 10.9. The van der Waals surface area contributed by atoms with E-state index in [2.05, 4.69) is 50.5 Å². The van der Waals surface area contributed by atoms with E-state index < -0.39 is 0 Å². The number of aromatic nitrogens is 4. The second-order valence-electron chi connectivity index (χ2n) is 5.46. The fourth-order valence-corrected chi connectivity index (χ4v) is 2.65. The summed E-state index contributed by atoms with van der Waals surface area (Å²) >= 11 is 0. The molecule has 23 heavy (non-hydrogen) atoms. The molecule has 3 heterocycles. The monoisotopic (exact) mass is 301 g/mol. The normalized spacial score (nSPS) is 11.0. The quantitative estimate of drug-likeness (QED) is 0.616. The third-order valence-electron chi connectivity index (χ3n) is 3.76. The molecule has 0 aliphatic heterocycles. The average Bonchev–Trinajstić information content (AvgIpc) is 2.98. The lowest BCUT2D eigenvalue weighted by atomic mass is 10.1. The van der Waals surface area contributed by atoms with E-state index in [4.69, 9.17) is 5.73 Å². The van der Waals surface area contributed by atoms with E-state index in [9.17, 15) is 0 Å². The molecular formula is C18H15N5. The van der Waals surface area contributed by atoms with Gasteiger partial charge in [-0.25, -0.2) is 15.0 Å². The second kappa shape index (κ2) is 5.21. The summed E-state index contributed by atoms with van der Waals surface area (Å²) < 4.78 is 2.06. The second-order valence-corrected chi connectivity index (χ2v) is 5.46. The minimum absolute atomic E-state index is 0.457. The van der Waals surface area contributed by atoms with Crippen LogP contribution in [0.15, 0.2) is 61.1 Å². The smallest absolute Gasteiger partial charge is 0.161 e. The molecule has 5 nitrogen and oxygen atoms in total. The van der Waals surface area contributed by atoms with Gasteiger partial charge in [-0.3, -0.25) is 4.40 Å². The Balaban J connectivity index is 1.83. The third kappa shape index (κ3) is 2.42. The molecule has 4 rings (SSSR count). The first kappa shape index (κ1) is 13.5. The molecule has 4 aromatic rings. The fraction of sp³-hybridized carbons (Fsp3) is 0.0556. The van der Waals surface area contributed by atoms with E-state index in [0.717, 1.165) is 22.5 Å². The van der Waals surface area contributed by atoms with Gasteiger partial charge in [-0.2, -0.15) is 0 Å². The number of nitrogen functional groups attached to an aromatic ring is 1. The summed E-state index contributed by atoms with van der Waals surface area (Å²) in [6.07, 6.45) is 5.53. The number of anilines is 1. The van der Waals surface area contributed by atoms with Crippen molar-refractivity contribution in [3.05, 3.63) is 66.6 Å². The summed E-state index contributed by atoms with van der Waals surface area (Å²) in [5, 5.41) is 0. The average molecular weight is 301 g/mol. The minimum Gasteiger partial charge on any atom is -0.384 e. The van der Waals surface area contributed by atoms with Crippen LogP contribution in [-0.2, 0) is 0 Å². The van der Waals surface area contributed by atoms with Crippen LogP contribution in [0, 0.1) is 6.92 Å². The Morgan fingerprint density at radius 3 is 2.74 bits per heavy atom. The maximum Gasteiger partial charge on any atom is 0.161 e. The van der Waals surface area contributed by atoms with Crippen LogP contribution in [0.3, 0.4) is 0 Å². The molecule has 1 aromatic carbocycles. The molecule has 2 N–H and O–H groups in total. The van der Waals surface area contributed by atoms with Crippen LogP contribution in [0.5, 0.6) is 0 Å². The van der Waals surface area contributed by atoms with Gasteiger partial charge in [0, 0.05) is 23.5 Å². The third-order valence-corrected chi connectivity index (χ3v) is 3.76. The zero-order chi connectivity index (χ0) is 15.8. The van der Waals surface area contributed by atoms with Gasteiger partial charge in [0.05, 0.1) is 11.9 Å². The first-order chi connectivity index (χ1) is 11.2. The predicted molar refractivity (Wildman–Crippen MR) is 90.8 cm³/mol. The van der Waals surface area contributed by atoms with Crippen LogP contribution in [0.2, 0.25) is 0 Å². The predicted octanol–water partition coefficient (Wildman–Crippen LogP) is 3.35. The largest absolute Gasteiger partial charge is 0.384 e. The van der Waals surface area contributed by atoms with Gasteiger partial charge < -0.3 is 5.73 Å². The minimum atomic E-state index is 0.457. The molecule has 0 spiro atoms. The molecule has 0 amide bonds. The van der Waals surface area contributed by atoms with E-state index >= 15 is 0 Å². The van der Waals surface area contributed by atoms with Gasteiger partial charge in [0.2, 0.25) is 0 Å². The Morgan fingerprint density at radius 2 is 1.91 bits per heavy atom. The van der Waals surface area contributed by atoms with Crippen molar-refractivity contribution in [2.75, 3.05) is 5.73 Å². The standard InChI is InChI=1S/C18H15N5/c1-12-3-2-4-13(9-12)15-11-21-17-10-14(6-8-23(15)17)18-20-7-5-16(19)22-18/h2-11H,1H3,(H2,19,20,22). The number of fused-ring (bicyclic) bond motifs is 1. The van der Waals surface area contributed by atoms with E-state index in [-0.39, 0.29) is 0 Å². The molecule has 0 saturated carbocycles. The molecule has 0 aliphatic carbocycles. The Morgan fingerprint density at radius 1 is 1.00 bits per heavy atom. The molecule has 0 atom stereocenters. The van der Waals surface area contributed by atoms with E-state index in [1.165, 1.54) is 5.56 Å². The Labute approximate surface area is 133 Å². The molecule has 0 bridgehead atoms. The number of nitrogens with two attached hydrogens (primary N) is 1. The maximum atomic E-state index is 5.73. The highest BCUT2D eigenvalue weighted by atomic mass is 15.0. The highest BCUT2D eigenvalue weighted by Crippen LogP contribution is 2.24. The van der Waals surface area contributed by atoms with Gasteiger partial charge in [0.15, 0.2) is 5.82 Å². The van der Waals surface area contributed by atoms with Crippen molar-refractivity contribution < 1.29 is 0 Å². The number of pyridine rings is 1. The number of hydrogen-bond acceptors (Lipinski definition) is 4. The number of rotatable bonds is 2. The maximum absolute atomic E-state index is 5.73. The molecular weight excluding hydrogens is 286 g/mol. The van der Waals surface area contributed by atoms with Crippen molar-refractivity contribution in [1.29, 1.82) is 0 Å². The molecule has 0 unspecified atom stereocenters. The van der Waals surface area contributed by atoms with Crippen molar-refractivity contribution in [3.63, 3.8) is 0 Å². The lowest BCUT2D eigenvalue weighted by Gasteiger charge is -2.05. The molecule has 0 aliphatic rings.